The van der Waals surface area contributed by atoms with Gasteiger partial charge in [0.25, 0.3) is 0 Å². The lowest BCUT2D eigenvalue weighted by Gasteiger charge is -2.11. The van der Waals surface area contributed by atoms with Gasteiger partial charge in [-0.1, -0.05) is 11.6 Å². The Morgan fingerprint density at radius 3 is 2.55 bits per heavy atom. The Labute approximate surface area is 123 Å². The van der Waals surface area contributed by atoms with Gasteiger partial charge in [0.05, 0.1) is 17.9 Å². The van der Waals surface area contributed by atoms with E-state index in [4.69, 9.17) is 16.3 Å². The van der Waals surface area contributed by atoms with Gasteiger partial charge in [-0.25, -0.2) is 12.7 Å². The molecule has 0 bridgehead atoms. The van der Waals surface area contributed by atoms with Crippen LogP contribution in [0, 0.1) is 0 Å². The molecule has 0 atom stereocenters. The molecule has 0 aliphatic rings. The highest BCUT2D eigenvalue weighted by atomic mass is 35.5. The second-order valence-corrected chi connectivity index (χ2v) is 6.96. The SMILES string of the molecule is COc1ccc(NC(=O)CCS(=O)(=O)N(C)C)cc1Cl. The van der Waals surface area contributed by atoms with Crippen LogP contribution < -0.4 is 10.1 Å². The smallest absolute Gasteiger partial charge is 0.225 e. The molecule has 1 aromatic carbocycles. The van der Waals surface area contributed by atoms with Crippen molar-refractivity contribution < 1.29 is 17.9 Å². The summed E-state index contributed by atoms with van der Waals surface area (Å²) in [6.07, 6.45) is -0.121. The maximum absolute atomic E-state index is 11.7. The first kappa shape index (κ1) is 16.7. The van der Waals surface area contributed by atoms with Crippen LogP contribution in [0.15, 0.2) is 18.2 Å². The van der Waals surface area contributed by atoms with Gasteiger partial charge >= 0.3 is 0 Å². The van der Waals surface area contributed by atoms with Crippen LogP contribution in [0.5, 0.6) is 5.75 Å². The number of methoxy groups -OCH3 is 1. The summed E-state index contributed by atoms with van der Waals surface area (Å²) in [5, 5.41) is 2.95. The van der Waals surface area contributed by atoms with E-state index < -0.39 is 15.9 Å². The predicted octanol–water partition coefficient (Wildman–Crippen LogP) is 1.57. The minimum atomic E-state index is -3.38. The zero-order valence-electron chi connectivity index (χ0n) is 11.5. The van der Waals surface area contributed by atoms with E-state index in [0.717, 1.165) is 4.31 Å². The number of anilines is 1. The van der Waals surface area contributed by atoms with Crippen LogP contribution in [0.25, 0.3) is 0 Å². The summed E-state index contributed by atoms with van der Waals surface area (Å²) in [6, 6.07) is 4.79. The Morgan fingerprint density at radius 2 is 2.05 bits per heavy atom. The largest absolute Gasteiger partial charge is 0.495 e. The Bertz CT molecular complexity index is 587. The lowest BCUT2D eigenvalue weighted by Crippen LogP contribution is -2.27. The van der Waals surface area contributed by atoms with Crippen LogP contribution in [0.3, 0.4) is 0 Å². The molecule has 1 rings (SSSR count). The van der Waals surface area contributed by atoms with Gasteiger partial charge in [0.15, 0.2) is 0 Å². The highest BCUT2D eigenvalue weighted by molar-refractivity contribution is 7.89. The maximum atomic E-state index is 11.7. The third-order valence-corrected chi connectivity index (χ3v) is 4.71. The Morgan fingerprint density at radius 1 is 1.40 bits per heavy atom. The van der Waals surface area contributed by atoms with Crippen LogP contribution in [0.1, 0.15) is 6.42 Å². The number of rotatable bonds is 6. The number of halogens is 1. The van der Waals surface area contributed by atoms with Gasteiger partial charge in [-0.3, -0.25) is 4.79 Å². The number of carbonyl (C=O) groups is 1. The first-order chi connectivity index (χ1) is 9.26. The molecular formula is C12H17ClN2O4S. The number of hydrogen-bond donors (Lipinski definition) is 1. The summed E-state index contributed by atoms with van der Waals surface area (Å²) in [4.78, 5) is 11.7. The second kappa shape index (κ2) is 6.92. The number of carbonyl (C=O) groups excluding carboxylic acids is 1. The van der Waals surface area contributed by atoms with Crippen molar-refractivity contribution in [2.45, 2.75) is 6.42 Å². The van der Waals surface area contributed by atoms with E-state index in [-0.39, 0.29) is 12.2 Å². The third kappa shape index (κ3) is 4.66. The summed E-state index contributed by atoms with van der Waals surface area (Å²) in [5.74, 6) is -0.132. The molecule has 0 saturated carbocycles. The normalized spacial score (nSPS) is 11.4. The molecule has 112 valence electrons. The molecule has 0 aliphatic heterocycles. The number of sulfonamides is 1. The van der Waals surface area contributed by atoms with Gasteiger partial charge < -0.3 is 10.1 Å². The monoisotopic (exact) mass is 320 g/mol. The molecule has 0 unspecified atom stereocenters. The Hall–Kier alpha value is -1.31. The van der Waals surface area contributed by atoms with Crippen LogP contribution in [-0.2, 0) is 14.8 Å². The van der Waals surface area contributed by atoms with Crippen molar-refractivity contribution >= 4 is 33.2 Å². The Balaban J connectivity index is 2.61. The molecule has 0 aromatic heterocycles. The minimum absolute atomic E-state index is 0.121. The molecule has 0 saturated heterocycles. The van der Waals surface area contributed by atoms with Crippen molar-refractivity contribution in [1.82, 2.24) is 4.31 Å². The summed E-state index contributed by atoms with van der Waals surface area (Å²) < 4.78 is 29.1. The molecule has 20 heavy (non-hydrogen) atoms. The zero-order chi connectivity index (χ0) is 15.3. The van der Waals surface area contributed by atoms with Gasteiger partial charge in [-0.2, -0.15) is 0 Å². The molecule has 1 aromatic rings. The van der Waals surface area contributed by atoms with Crippen LogP contribution >= 0.6 is 11.6 Å². The maximum Gasteiger partial charge on any atom is 0.225 e. The summed E-state index contributed by atoms with van der Waals surface area (Å²) in [5.41, 5.74) is 0.489. The third-order valence-electron chi connectivity index (χ3n) is 2.58. The van der Waals surface area contributed by atoms with Crippen molar-refractivity contribution in [3.63, 3.8) is 0 Å². The molecule has 6 nitrogen and oxygen atoms in total. The standard InChI is InChI=1S/C12H17ClN2O4S/c1-15(2)20(17,18)7-6-12(16)14-9-4-5-11(19-3)10(13)8-9/h4-5,8H,6-7H2,1-3H3,(H,14,16). The van der Waals surface area contributed by atoms with E-state index in [1.807, 2.05) is 0 Å². The number of hydrogen-bond acceptors (Lipinski definition) is 4. The topological polar surface area (TPSA) is 75.7 Å². The average molecular weight is 321 g/mol. The molecule has 0 heterocycles. The number of benzene rings is 1. The fourth-order valence-corrected chi connectivity index (χ4v) is 2.44. The zero-order valence-corrected chi connectivity index (χ0v) is 13.1. The van der Waals surface area contributed by atoms with Crippen molar-refractivity contribution in [2.75, 3.05) is 32.3 Å². The van der Waals surface area contributed by atoms with Gasteiger partial charge in [-0.05, 0) is 18.2 Å². The highest BCUT2D eigenvalue weighted by Gasteiger charge is 2.16. The van der Waals surface area contributed by atoms with E-state index in [0.29, 0.717) is 16.5 Å². The van der Waals surface area contributed by atoms with Gasteiger partial charge in [0.2, 0.25) is 15.9 Å². The fourth-order valence-electron chi connectivity index (χ4n) is 1.37. The van der Waals surface area contributed by atoms with Gasteiger partial charge in [-0.15, -0.1) is 0 Å². The summed E-state index contributed by atoms with van der Waals surface area (Å²) in [6.45, 7) is 0. The van der Waals surface area contributed by atoms with E-state index in [1.54, 1.807) is 18.2 Å². The number of amides is 1. The number of nitrogens with zero attached hydrogens (tertiary/aromatic N) is 1. The Kier molecular flexibility index (Phi) is 5.79. The first-order valence-corrected chi connectivity index (χ1v) is 7.78. The van der Waals surface area contributed by atoms with Gasteiger partial charge in [0.1, 0.15) is 5.75 Å². The van der Waals surface area contributed by atoms with Crippen LogP contribution in [0.4, 0.5) is 5.69 Å². The van der Waals surface area contributed by atoms with Crippen molar-refractivity contribution in [3.8, 4) is 5.75 Å². The quantitative estimate of drug-likeness (QED) is 0.863. The van der Waals surface area contributed by atoms with Crippen LogP contribution in [0.2, 0.25) is 5.02 Å². The first-order valence-electron chi connectivity index (χ1n) is 5.80. The molecule has 1 N–H and O–H groups in total. The molecule has 0 fully saturated rings. The molecule has 0 aliphatic carbocycles. The van der Waals surface area contributed by atoms with E-state index in [1.165, 1.54) is 21.2 Å². The van der Waals surface area contributed by atoms with Crippen LogP contribution in [-0.4, -0.2) is 45.6 Å². The molecule has 0 spiro atoms. The molecule has 1 amide bonds. The lowest BCUT2D eigenvalue weighted by molar-refractivity contribution is -0.115. The number of nitrogens with one attached hydrogen (secondary N) is 1. The average Bonchev–Trinajstić information content (AvgIpc) is 2.36. The highest BCUT2D eigenvalue weighted by Crippen LogP contribution is 2.27. The van der Waals surface area contributed by atoms with E-state index in [9.17, 15) is 13.2 Å². The second-order valence-electron chi connectivity index (χ2n) is 4.25. The lowest BCUT2D eigenvalue weighted by atomic mass is 10.3. The van der Waals surface area contributed by atoms with Crippen molar-refractivity contribution in [3.05, 3.63) is 23.2 Å². The molecule has 0 radical (unpaired) electrons. The van der Waals surface area contributed by atoms with E-state index in [2.05, 4.69) is 5.32 Å². The molecule has 8 heteroatoms. The van der Waals surface area contributed by atoms with Gasteiger partial charge in [0, 0.05) is 26.2 Å². The van der Waals surface area contributed by atoms with E-state index >= 15 is 0 Å². The molecular weight excluding hydrogens is 304 g/mol. The number of ether oxygens (including phenoxy) is 1. The minimum Gasteiger partial charge on any atom is -0.495 e. The van der Waals surface area contributed by atoms with Crippen molar-refractivity contribution in [2.24, 2.45) is 0 Å². The predicted molar refractivity (Wildman–Crippen MR) is 78.7 cm³/mol. The fraction of sp³-hybridized carbons (Fsp3) is 0.417. The summed E-state index contributed by atoms with van der Waals surface area (Å²) >= 11 is 5.93. The summed E-state index contributed by atoms with van der Waals surface area (Å²) in [7, 11) is 0.968. The van der Waals surface area contributed by atoms with Crippen molar-refractivity contribution in [1.29, 1.82) is 0 Å².